The van der Waals surface area contributed by atoms with Crippen molar-refractivity contribution >= 4 is 50.6 Å². The smallest absolute Gasteiger partial charge is 0.410 e. The molecule has 4 rings (SSSR count). The molecule has 2 saturated heterocycles. The van der Waals surface area contributed by atoms with E-state index in [1.165, 1.54) is 43.4 Å². The second kappa shape index (κ2) is 18.8. The zero-order valence-corrected chi connectivity index (χ0v) is 32.0. The highest BCUT2D eigenvalue weighted by atomic mass is 35.5. The molecule has 2 aromatic heterocycles. The molecule has 0 aliphatic carbocycles. The number of methoxy groups -OCH3 is 2. The van der Waals surface area contributed by atoms with Crippen LogP contribution in [0, 0.1) is 11.8 Å². The number of piperidine rings is 2. The Morgan fingerprint density at radius 2 is 1.14 bits per heavy atom. The predicted molar refractivity (Wildman–Crippen MR) is 192 cm³/mol. The Bertz CT molecular complexity index is 1560. The maximum absolute atomic E-state index is 15.4. The molecule has 4 heterocycles. The number of ether oxygens (including phenoxy) is 3. The molecule has 2 atom stereocenters. The average molecular weight is 794 g/mol. The highest BCUT2D eigenvalue weighted by molar-refractivity contribution is 7.93. The van der Waals surface area contributed by atoms with Gasteiger partial charge in [0.25, 0.3) is 0 Å². The number of nitrogens with one attached hydrogen (secondary N) is 1. The Hall–Kier alpha value is -2.53. The van der Waals surface area contributed by atoms with E-state index in [9.17, 15) is 26.0 Å². The summed E-state index contributed by atoms with van der Waals surface area (Å²) in [6, 6.07) is 5.42. The highest BCUT2D eigenvalue weighted by Crippen LogP contribution is 2.40. The molecule has 1 amide bonds. The van der Waals surface area contributed by atoms with Gasteiger partial charge in [0, 0.05) is 49.5 Å². The van der Waals surface area contributed by atoms with Crippen molar-refractivity contribution < 1.29 is 44.6 Å². The number of carbonyl (C=O) groups excluding carboxylic acids is 1. The molecule has 12 nitrogen and oxygen atoms in total. The number of nitrogens with zero attached hydrogens (tertiary/aromatic N) is 3. The van der Waals surface area contributed by atoms with E-state index < -0.39 is 53.2 Å². The minimum atomic E-state index is -4.25. The van der Waals surface area contributed by atoms with Gasteiger partial charge in [-0.2, -0.15) is 0 Å². The molecular weight excluding hydrogens is 741 g/mol. The van der Waals surface area contributed by atoms with Crippen LogP contribution in [0.5, 0.6) is 11.8 Å². The van der Waals surface area contributed by atoms with E-state index in [0.717, 1.165) is 26.2 Å². The maximum Gasteiger partial charge on any atom is 0.410 e. The van der Waals surface area contributed by atoms with Crippen LogP contribution < -0.4 is 14.8 Å². The lowest BCUT2D eigenvalue weighted by Crippen LogP contribution is -2.48. The fourth-order valence-electron chi connectivity index (χ4n) is 5.43. The molecule has 18 heteroatoms. The number of rotatable bonds is 8. The summed E-state index contributed by atoms with van der Waals surface area (Å²) >= 11 is 0. The summed E-state index contributed by atoms with van der Waals surface area (Å²) < 4.78 is 96.0. The number of aromatic nitrogens is 2. The monoisotopic (exact) mass is 792 g/mol. The van der Waals surface area contributed by atoms with E-state index in [2.05, 4.69) is 15.3 Å². The lowest BCUT2D eigenvalue weighted by Gasteiger charge is -2.38. The van der Waals surface area contributed by atoms with Crippen molar-refractivity contribution in [3.63, 3.8) is 0 Å². The van der Waals surface area contributed by atoms with Crippen LogP contribution in [0.4, 0.5) is 13.6 Å². The first-order valence-electron chi connectivity index (χ1n) is 15.3. The fraction of sp³-hybridized carbons (Fsp3) is 0.656. The number of likely N-dealkylation sites (tertiary alicyclic amines) is 1. The van der Waals surface area contributed by atoms with Crippen LogP contribution in [0.15, 0.2) is 46.5 Å². The molecule has 2 unspecified atom stereocenters. The van der Waals surface area contributed by atoms with Crippen molar-refractivity contribution in [2.45, 2.75) is 93.1 Å². The molecule has 0 aromatic carbocycles. The number of amides is 1. The van der Waals surface area contributed by atoms with E-state index in [-0.39, 0.29) is 73.8 Å². The predicted octanol–water partition coefficient (Wildman–Crippen LogP) is 6.23. The van der Waals surface area contributed by atoms with E-state index >= 15 is 4.39 Å². The molecule has 2 fully saturated rings. The van der Waals surface area contributed by atoms with Gasteiger partial charge < -0.3 is 24.4 Å². The first-order valence-corrected chi connectivity index (χ1v) is 18.3. The van der Waals surface area contributed by atoms with E-state index in [4.69, 9.17) is 14.2 Å². The third-order valence-corrected chi connectivity index (χ3v) is 12.9. The zero-order valence-electron chi connectivity index (χ0n) is 28.8. The van der Waals surface area contributed by atoms with Crippen LogP contribution in [0.25, 0.3) is 0 Å². The molecule has 2 aliphatic heterocycles. The van der Waals surface area contributed by atoms with Gasteiger partial charge in [-0.15, -0.1) is 24.8 Å². The van der Waals surface area contributed by atoms with Gasteiger partial charge in [0.05, 0.1) is 24.0 Å². The molecule has 0 spiro atoms. The Morgan fingerprint density at radius 3 is 1.46 bits per heavy atom. The molecule has 1 N–H and O–H groups in total. The van der Waals surface area contributed by atoms with Gasteiger partial charge in [0.2, 0.25) is 41.4 Å². The van der Waals surface area contributed by atoms with Crippen LogP contribution >= 0.6 is 24.8 Å². The summed E-state index contributed by atoms with van der Waals surface area (Å²) in [5.41, 5.74) is -0.618. The molecule has 2 aromatic rings. The van der Waals surface area contributed by atoms with Crippen molar-refractivity contribution in [3.05, 3.63) is 36.7 Å². The summed E-state index contributed by atoms with van der Waals surface area (Å²) in [6.07, 6.45) is 3.26. The van der Waals surface area contributed by atoms with Crippen LogP contribution in [-0.4, -0.2) is 93.8 Å². The molecule has 2 aliphatic rings. The molecule has 288 valence electrons. The minimum absolute atomic E-state index is 0. The van der Waals surface area contributed by atoms with Crippen LogP contribution in [0.1, 0.15) is 67.7 Å². The first-order chi connectivity index (χ1) is 21.8. The lowest BCUT2D eigenvalue weighted by atomic mass is 9.92. The normalized spacial score (nSPS) is 18.2. The summed E-state index contributed by atoms with van der Waals surface area (Å²) in [4.78, 5) is 21.0. The van der Waals surface area contributed by atoms with E-state index in [1.54, 1.807) is 20.8 Å². The summed E-state index contributed by atoms with van der Waals surface area (Å²) in [5, 5.41) is -1.65. The van der Waals surface area contributed by atoms with Gasteiger partial charge in [0.1, 0.15) is 5.60 Å². The third kappa shape index (κ3) is 11.0. The minimum Gasteiger partial charge on any atom is -0.481 e. The van der Waals surface area contributed by atoms with Crippen molar-refractivity contribution in [1.82, 2.24) is 20.2 Å². The molecule has 0 saturated carbocycles. The van der Waals surface area contributed by atoms with Crippen LogP contribution in [0.3, 0.4) is 0 Å². The average Bonchev–Trinajstić information content (AvgIpc) is 3.04. The topological polar surface area (TPSA) is 154 Å². The van der Waals surface area contributed by atoms with E-state index in [1.807, 2.05) is 0 Å². The largest absolute Gasteiger partial charge is 0.481 e. The summed E-state index contributed by atoms with van der Waals surface area (Å²) in [7, 11) is -5.48. The fourth-order valence-corrected chi connectivity index (χ4v) is 8.58. The second-order valence-electron chi connectivity index (χ2n) is 12.8. The third-order valence-electron chi connectivity index (χ3n) is 8.45. The van der Waals surface area contributed by atoms with Gasteiger partial charge in [-0.25, -0.2) is 40.4 Å². The number of halogens is 4. The summed E-state index contributed by atoms with van der Waals surface area (Å²) in [6.45, 7) is 9.32. The molecule has 50 heavy (non-hydrogen) atoms. The quantitative estimate of drug-likeness (QED) is 0.324. The van der Waals surface area contributed by atoms with Gasteiger partial charge >= 0.3 is 6.09 Å². The van der Waals surface area contributed by atoms with E-state index in [0.29, 0.717) is 31.8 Å². The SMILES string of the molecule is C.COc1ccc(S(=O)(=O)C(C)(F)C2CCN(C(=O)OC(C)(C)C)CC2)cn1.COc1ccc(S(=O)(=O)C(C)(F)C2CCNCC2)cn1.Cl.Cl. The van der Waals surface area contributed by atoms with Crippen molar-refractivity contribution in [1.29, 1.82) is 0 Å². The zero-order chi connectivity index (χ0) is 35.3. The second-order valence-corrected chi connectivity index (χ2v) is 17.4. The Kier molecular flexibility index (Phi) is 17.9. The van der Waals surface area contributed by atoms with Gasteiger partial charge in [-0.3, -0.25) is 0 Å². The highest BCUT2D eigenvalue weighted by Gasteiger charge is 2.49. The van der Waals surface area contributed by atoms with Gasteiger partial charge in [0.15, 0.2) is 0 Å². The lowest BCUT2D eigenvalue weighted by molar-refractivity contribution is 0.0130. The maximum atomic E-state index is 15.4. The number of pyridine rings is 2. The van der Waals surface area contributed by atoms with Gasteiger partial charge in [-0.05, 0) is 85.5 Å². The standard InChI is InChI=1S/C18H27FN2O5S.C13H19FN2O3S.CH4.2ClH/c1-17(2,3)26-16(22)21-10-8-13(9-11-21)18(4,19)27(23,24)14-6-7-15(25-5)20-12-14;1-13(14,10-5-7-15-8-6-10)20(17,18)11-3-4-12(19-2)16-9-11;;;/h6-7,12-13H,8-11H2,1-5H3;3-4,9-10,15H,5-8H2,1-2H3;1H4;2*1H. The Labute approximate surface area is 308 Å². The van der Waals surface area contributed by atoms with Crippen molar-refractivity contribution in [2.75, 3.05) is 40.4 Å². The molecule has 0 radical (unpaired) electrons. The van der Waals surface area contributed by atoms with Gasteiger partial charge in [-0.1, -0.05) is 7.43 Å². The number of carbonyl (C=O) groups is 1. The number of hydrogen-bond acceptors (Lipinski definition) is 11. The Morgan fingerprint density at radius 1 is 0.760 bits per heavy atom. The van der Waals surface area contributed by atoms with Crippen LogP contribution in [-0.2, 0) is 24.4 Å². The number of sulfone groups is 2. The Balaban J connectivity index is 0.000000940. The number of alkyl halides is 2. The molecule has 0 bridgehead atoms. The van der Waals surface area contributed by atoms with Crippen molar-refractivity contribution in [2.24, 2.45) is 11.8 Å². The van der Waals surface area contributed by atoms with Crippen molar-refractivity contribution in [3.8, 4) is 11.8 Å². The first kappa shape index (κ1) is 47.5. The molecular formula is C32H52Cl2F2N4O8S2. The summed E-state index contributed by atoms with van der Waals surface area (Å²) in [5.74, 6) is -0.689. The number of hydrogen-bond donors (Lipinski definition) is 1. The van der Waals surface area contributed by atoms with Crippen LogP contribution in [0.2, 0.25) is 0 Å².